The first-order chi connectivity index (χ1) is 9.97. The Labute approximate surface area is 125 Å². The van der Waals surface area contributed by atoms with E-state index in [9.17, 15) is 9.90 Å². The quantitative estimate of drug-likeness (QED) is 0.909. The molecule has 0 bridgehead atoms. The molecule has 1 N–H and O–H groups in total. The first-order valence-corrected chi connectivity index (χ1v) is 7.03. The third kappa shape index (κ3) is 3.92. The van der Waals surface area contributed by atoms with E-state index in [4.69, 9.17) is 4.74 Å². The number of ketones is 1. The second-order valence-corrected chi connectivity index (χ2v) is 5.20. The van der Waals surface area contributed by atoms with Gasteiger partial charge in [0.05, 0.1) is 6.10 Å². The van der Waals surface area contributed by atoms with Crippen LogP contribution in [0.4, 0.5) is 0 Å². The second-order valence-electron chi connectivity index (χ2n) is 5.20. The van der Waals surface area contributed by atoms with Crippen LogP contribution in [0.15, 0.2) is 48.5 Å². The van der Waals surface area contributed by atoms with Crippen molar-refractivity contribution < 1.29 is 14.6 Å². The Hall–Kier alpha value is -2.13. The number of benzene rings is 2. The van der Waals surface area contributed by atoms with Gasteiger partial charge in [-0.05, 0) is 55.7 Å². The molecule has 0 aliphatic heterocycles. The van der Waals surface area contributed by atoms with Crippen molar-refractivity contribution in [1.82, 2.24) is 0 Å². The maximum absolute atomic E-state index is 11.2. The maximum atomic E-state index is 11.2. The van der Waals surface area contributed by atoms with Gasteiger partial charge in [0.1, 0.15) is 5.75 Å². The van der Waals surface area contributed by atoms with Gasteiger partial charge in [0, 0.05) is 0 Å². The van der Waals surface area contributed by atoms with Crippen molar-refractivity contribution in [2.24, 2.45) is 0 Å². The van der Waals surface area contributed by atoms with Crippen LogP contribution in [0.1, 0.15) is 32.4 Å². The zero-order valence-electron chi connectivity index (χ0n) is 12.5. The number of ether oxygens (including phenoxy) is 1. The van der Waals surface area contributed by atoms with Gasteiger partial charge in [0.15, 0.2) is 11.9 Å². The highest BCUT2D eigenvalue weighted by Gasteiger charge is 2.09. The average Bonchev–Trinajstić information content (AvgIpc) is 2.48. The predicted octanol–water partition coefficient (Wildman–Crippen LogP) is 3.76. The molecule has 2 rings (SSSR count). The highest BCUT2D eigenvalue weighted by Crippen LogP contribution is 2.25. The van der Waals surface area contributed by atoms with E-state index in [1.165, 1.54) is 6.92 Å². The van der Waals surface area contributed by atoms with Crippen LogP contribution in [0.5, 0.6) is 5.75 Å². The minimum Gasteiger partial charge on any atom is -0.483 e. The summed E-state index contributed by atoms with van der Waals surface area (Å²) in [7, 11) is 0. The van der Waals surface area contributed by atoms with Crippen molar-refractivity contribution in [2.75, 3.05) is 0 Å². The SMILES string of the molecule is CC(=O)[C@H](C)Oc1ccc(-c2cccc([C@@H](C)O)c2)cc1. The third-order valence-electron chi connectivity index (χ3n) is 3.44. The monoisotopic (exact) mass is 284 g/mol. The highest BCUT2D eigenvalue weighted by atomic mass is 16.5. The van der Waals surface area contributed by atoms with Gasteiger partial charge in [0.25, 0.3) is 0 Å². The van der Waals surface area contributed by atoms with Crippen LogP contribution < -0.4 is 4.74 Å². The Morgan fingerprint density at radius 1 is 1.05 bits per heavy atom. The minimum atomic E-state index is -0.482. The van der Waals surface area contributed by atoms with E-state index in [2.05, 4.69) is 0 Å². The Balaban J connectivity index is 2.19. The summed E-state index contributed by atoms with van der Waals surface area (Å²) >= 11 is 0. The number of hydrogen-bond donors (Lipinski definition) is 1. The molecule has 2 aromatic carbocycles. The lowest BCUT2D eigenvalue weighted by Crippen LogP contribution is -2.20. The predicted molar refractivity (Wildman–Crippen MR) is 83.3 cm³/mol. The Bertz CT molecular complexity index is 615. The van der Waals surface area contributed by atoms with Gasteiger partial charge in [-0.25, -0.2) is 0 Å². The molecule has 2 aromatic rings. The summed E-state index contributed by atoms with van der Waals surface area (Å²) in [4.78, 5) is 11.2. The van der Waals surface area contributed by atoms with E-state index in [1.807, 2.05) is 48.5 Å². The topological polar surface area (TPSA) is 46.5 Å². The molecule has 0 unspecified atom stereocenters. The summed E-state index contributed by atoms with van der Waals surface area (Å²) in [6.07, 6.45) is -0.918. The third-order valence-corrected chi connectivity index (χ3v) is 3.44. The molecule has 0 saturated heterocycles. The largest absolute Gasteiger partial charge is 0.483 e. The fraction of sp³-hybridized carbons (Fsp3) is 0.278. The van der Waals surface area contributed by atoms with Gasteiger partial charge in [-0.2, -0.15) is 0 Å². The summed E-state index contributed by atoms with van der Waals surface area (Å²) in [6.45, 7) is 5.00. The molecule has 0 aliphatic rings. The second kappa shape index (κ2) is 6.55. The summed E-state index contributed by atoms with van der Waals surface area (Å²) in [5, 5.41) is 9.64. The van der Waals surface area contributed by atoms with Crippen LogP contribution in [0.3, 0.4) is 0 Å². The van der Waals surface area contributed by atoms with E-state index >= 15 is 0 Å². The standard InChI is InChI=1S/C18H20O3/c1-12(19)14(3)21-18-9-7-15(8-10-18)17-6-4-5-16(11-17)13(2)20/h4-11,13-14,20H,1-3H3/t13-,14+/m1/s1. The molecule has 0 radical (unpaired) electrons. The van der Waals surface area contributed by atoms with Crippen LogP contribution in [-0.4, -0.2) is 17.0 Å². The fourth-order valence-electron chi connectivity index (χ4n) is 1.99. The number of carbonyl (C=O) groups is 1. The molecule has 0 aliphatic carbocycles. The van der Waals surface area contributed by atoms with Crippen LogP contribution in [-0.2, 0) is 4.79 Å². The molecular formula is C18H20O3. The van der Waals surface area contributed by atoms with Crippen LogP contribution in [0, 0.1) is 0 Å². The number of aliphatic hydroxyl groups is 1. The summed E-state index contributed by atoms with van der Waals surface area (Å²) in [5.74, 6) is 0.678. The van der Waals surface area contributed by atoms with E-state index in [0.717, 1.165) is 16.7 Å². The first kappa shape index (κ1) is 15.3. The minimum absolute atomic E-state index is 0.00344. The van der Waals surface area contributed by atoms with Gasteiger partial charge in [-0.15, -0.1) is 0 Å². The van der Waals surface area contributed by atoms with Crippen molar-refractivity contribution in [3.8, 4) is 16.9 Å². The molecule has 3 heteroatoms. The Morgan fingerprint density at radius 2 is 1.71 bits per heavy atom. The molecule has 0 amide bonds. The molecule has 0 saturated carbocycles. The molecule has 0 fully saturated rings. The molecule has 2 atom stereocenters. The van der Waals surface area contributed by atoms with Crippen molar-refractivity contribution in [2.45, 2.75) is 33.0 Å². The number of rotatable bonds is 5. The summed E-state index contributed by atoms with van der Waals surface area (Å²) in [6, 6.07) is 15.4. The molecule has 3 nitrogen and oxygen atoms in total. The van der Waals surface area contributed by atoms with E-state index in [1.54, 1.807) is 13.8 Å². The number of Topliss-reactive ketones (excluding diaryl/α,β-unsaturated/α-hetero) is 1. The van der Waals surface area contributed by atoms with E-state index in [-0.39, 0.29) is 5.78 Å². The van der Waals surface area contributed by atoms with Crippen molar-refractivity contribution >= 4 is 5.78 Å². The number of aliphatic hydroxyl groups excluding tert-OH is 1. The lowest BCUT2D eigenvalue weighted by molar-refractivity contribution is -0.122. The molecule has 110 valence electrons. The average molecular weight is 284 g/mol. The van der Waals surface area contributed by atoms with Crippen molar-refractivity contribution in [3.05, 3.63) is 54.1 Å². The van der Waals surface area contributed by atoms with Gasteiger partial charge >= 0.3 is 0 Å². The highest BCUT2D eigenvalue weighted by molar-refractivity contribution is 5.80. The number of hydrogen-bond acceptors (Lipinski definition) is 3. The lowest BCUT2D eigenvalue weighted by Gasteiger charge is -2.12. The zero-order valence-corrected chi connectivity index (χ0v) is 12.5. The number of carbonyl (C=O) groups excluding carboxylic acids is 1. The molecule has 21 heavy (non-hydrogen) atoms. The normalized spacial score (nSPS) is 13.5. The maximum Gasteiger partial charge on any atom is 0.169 e. The van der Waals surface area contributed by atoms with Gasteiger partial charge in [-0.3, -0.25) is 4.79 Å². The van der Waals surface area contributed by atoms with Crippen LogP contribution in [0.2, 0.25) is 0 Å². The van der Waals surface area contributed by atoms with Crippen LogP contribution in [0.25, 0.3) is 11.1 Å². The molecular weight excluding hydrogens is 264 g/mol. The summed E-state index contributed by atoms with van der Waals surface area (Å²) in [5.41, 5.74) is 2.97. The zero-order chi connectivity index (χ0) is 15.4. The Kier molecular flexibility index (Phi) is 4.76. The Morgan fingerprint density at radius 3 is 2.29 bits per heavy atom. The van der Waals surface area contributed by atoms with Gasteiger partial charge < -0.3 is 9.84 Å². The van der Waals surface area contributed by atoms with Gasteiger partial charge in [-0.1, -0.05) is 30.3 Å². The van der Waals surface area contributed by atoms with E-state index < -0.39 is 12.2 Å². The molecule has 0 aromatic heterocycles. The van der Waals surface area contributed by atoms with Crippen LogP contribution >= 0.6 is 0 Å². The lowest BCUT2D eigenvalue weighted by atomic mass is 10.0. The first-order valence-electron chi connectivity index (χ1n) is 7.03. The van der Waals surface area contributed by atoms with E-state index in [0.29, 0.717) is 5.75 Å². The molecule has 0 heterocycles. The fourth-order valence-corrected chi connectivity index (χ4v) is 1.99. The smallest absolute Gasteiger partial charge is 0.169 e. The summed E-state index contributed by atoms with van der Waals surface area (Å²) < 4.78 is 5.54. The van der Waals surface area contributed by atoms with Crippen molar-refractivity contribution in [1.29, 1.82) is 0 Å². The van der Waals surface area contributed by atoms with Gasteiger partial charge in [0.2, 0.25) is 0 Å². The molecule has 0 spiro atoms. The van der Waals surface area contributed by atoms with Crippen molar-refractivity contribution in [3.63, 3.8) is 0 Å².